The summed E-state index contributed by atoms with van der Waals surface area (Å²) in [6, 6.07) is 0. The van der Waals surface area contributed by atoms with Crippen LogP contribution in [0.2, 0.25) is 0 Å². The van der Waals surface area contributed by atoms with E-state index in [1.807, 2.05) is 12.2 Å². The number of hydrogen-bond acceptors (Lipinski definition) is 9. The summed E-state index contributed by atoms with van der Waals surface area (Å²) in [4.78, 5) is 50.0. The van der Waals surface area contributed by atoms with Crippen LogP contribution in [-0.4, -0.2) is 64.9 Å². The Hall–Kier alpha value is -2.53. The smallest absolute Gasteiger partial charge is 0.325 e. The van der Waals surface area contributed by atoms with Crippen molar-refractivity contribution in [1.82, 2.24) is 5.32 Å². The first-order valence-electron chi connectivity index (χ1n) is 14.5. The van der Waals surface area contributed by atoms with Crippen LogP contribution in [0.5, 0.6) is 0 Å². The maximum Gasteiger partial charge on any atom is 0.325 e. The van der Waals surface area contributed by atoms with Gasteiger partial charge in [0, 0.05) is 19.3 Å². The Bertz CT molecular complexity index is 759. The van der Waals surface area contributed by atoms with Gasteiger partial charge in [0.15, 0.2) is 0 Å². The second-order valence-electron chi connectivity index (χ2n) is 10.3. The lowest BCUT2D eigenvalue weighted by molar-refractivity contribution is -0.757. The summed E-state index contributed by atoms with van der Waals surface area (Å²) in [5.74, 6) is -0.763. The third-order valence-electron chi connectivity index (χ3n) is 7.11. The molecule has 0 bridgehead atoms. The number of aliphatic hydroxyl groups is 2. The maximum absolute atomic E-state index is 12.3. The average Bonchev–Trinajstić information content (AvgIpc) is 3.16. The molecule has 0 saturated heterocycles. The molecular weight excluding hydrogens is 508 g/mol. The highest BCUT2D eigenvalue weighted by molar-refractivity contribution is 5.81. The molecule has 0 heterocycles. The first-order chi connectivity index (χ1) is 18.7. The van der Waals surface area contributed by atoms with Crippen molar-refractivity contribution in [1.29, 1.82) is 0 Å². The number of carbonyl (C=O) groups excluding carboxylic acids is 3. The normalized spacial score (nSPS) is 20.7. The Balaban J connectivity index is 2.18. The molecule has 1 aliphatic carbocycles. The van der Waals surface area contributed by atoms with Gasteiger partial charge in [-0.25, -0.2) is 0 Å². The molecule has 224 valence electrons. The molecule has 0 aromatic heterocycles. The molecule has 1 rings (SSSR count). The van der Waals surface area contributed by atoms with E-state index >= 15 is 0 Å². The van der Waals surface area contributed by atoms with Gasteiger partial charge in [-0.2, -0.15) is 0 Å². The van der Waals surface area contributed by atoms with Crippen molar-refractivity contribution in [3.05, 3.63) is 22.3 Å². The van der Waals surface area contributed by atoms with E-state index in [0.29, 0.717) is 57.8 Å². The molecule has 4 atom stereocenters. The summed E-state index contributed by atoms with van der Waals surface area (Å²) in [5.41, 5.74) is 0. The van der Waals surface area contributed by atoms with Gasteiger partial charge in [0.05, 0.1) is 25.4 Å². The number of ketones is 1. The molecule has 0 aliphatic heterocycles. The van der Waals surface area contributed by atoms with Crippen molar-refractivity contribution in [2.45, 2.75) is 115 Å². The van der Waals surface area contributed by atoms with E-state index in [2.05, 4.69) is 17.1 Å². The van der Waals surface area contributed by atoms with Crippen LogP contribution in [0.25, 0.3) is 0 Å². The lowest BCUT2D eigenvalue weighted by Crippen LogP contribution is -2.30. The van der Waals surface area contributed by atoms with Gasteiger partial charge in [0.2, 0.25) is 5.91 Å². The number of carbonyl (C=O) groups is 3. The lowest BCUT2D eigenvalue weighted by Gasteiger charge is -2.22. The van der Waals surface area contributed by atoms with Gasteiger partial charge in [0.1, 0.15) is 12.3 Å². The molecule has 0 aromatic rings. The minimum absolute atomic E-state index is 0.0557. The zero-order valence-corrected chi connectivity index (χ0v) is 23.4. The topological polar surface area (TPSA) is 165 Å². The molecule has 1 aliphatic rings. The van der Waals surface area contributed by atoms with Gasteiger partial charge < -0.3 is 25.1 Å². The summed E-state index contributed by atoms with van der Waals surface area (Å²) < 4.78 is 4.94. The van der Waals surface area contributed by atoms with Crippen molar-refractivity contribution >= 4 is 17.7 Å². The third-order valence-corrected chi connectivity index (χ3v) is 7.11. The van der Waals surface area contributed by atoms with Crippen LogP contribution in [0.3, 0.4) is 0 Å². The molecule has 11 heteroatoms. The Kier molecular flexibility index (Phi) is 18.9. The molecule has 0 aromatic carbocycles. The highest BCUT2D eigenvalue weighted by atomic mass is 16.9. The summed E-state index contributed by atoms with van der Waals surface area (Å²) in [5, 5.41) is 32.5. The fraction of sp³-hybridized carbons (Fsp3) is 0.821. The highest BCUT2D eigenvalue weighted by Crippen LogP contribution is 2.38. The van der Waals surface area contributed by atoms with Gasteiger partial charge in [-0.15, -0.1) is 10.1 Å². The van der Waals surface area contributed by atoms with E-state index in [-0.39, 0.29) is 49.7 Å². The van der Waals surface area contributed by atoms with Crippen LogP contribution >= 0.6 is 0 Å². The number of nitrogens with one attached hydrogen (secondary N) is 1. The summed E-state index contributed by atoms with van der Waals surface area (Å²) in [7, 11) is 0. The van der Waals surface area contributed by atoms with E-state index in [1.54, 1.807) is 0 Å². The number of unbranched alkanes of at least 4 members (excludes halogenated alkanes) is 6. The Morgan fingerprint density at radius 3 is 2.38 bits per heavy atom. The number of aliphatic hydroxyl groups excluding tert-OH is 2. The fourth-order valence-corrected chi connectivity index (χ4v) is 4.88. The highest BCUT2D eigenvalue weighted by Gasteiger charge is 2.40. The van der Waals surface area contributed by atoms with Gasteiger partial charge in [-0.3, -0.25) is 14.4 Å². The summed E-state index contributed by atoms with van der Waals surface area (Å²) in [6.45, 7) is 1.98. The molecule has 1 amide bonds. The second kappa shape index (κ2) is 21.3. The molecule has 39 heavy (non-hydrogen) atoms. The number of Topliss-reactive ketones (excluding diaryl/α,β-unsaturated/α-hetero) is 1. The Morgan fingerprint density at radius 2 is 1.64 bits per heavy atom. The van der Waals surface area contributed by atoms with E-state index in [9.17, 15) is 34.7 Å². The van der Waals surface area contributed by atoms with Crippen molar-refractivity contribution in [2.75, 3.05) is 19.8 Å². The van der Waals surface area contributed by atoms with Gasteiger partial charge in [0.25, 0.3) is 5.09 Å². The molecule has 0 radical (unpaired) electrons. The molecule has 0 unspecified atom stereocenters. The van der Waals surface area contributed by atoms with Crippen molar-refractivity contribution < 1.29 is 39.3 Å². The van der Waals surface area contributed by atoms with Crippen molar-refractivity contribution in [3.8, 4) is 0 Å². The summed E-state index contributed by atoms with van der Waals surface area (Å²) in [6.07, 6.45) is 13.2. The fourth-order valence-electron chi connectivity index (χ4n) is 4.88. The largest absolute Gasteiger partial charge is 0.464 e. The quantitative estimate of drug-likeness (QED) is 0.0557. The monoisotopic (exact) mass is 556 g/mol. The number of rotatable bonds is 23. The van der Waals surface area contributed by atoms with Crippen LogP contribution in [0.15, 0.2) is 12.2 Å². The second-order valence-corrected chi connectivity index (χ2v) is 10.3. The number of allylic oxidation sites excluding steroid dienone is 2. The molecule has 1 saturated carbocycles. The van der Waals surface area contributed by atoms with E-state index in [0.717, 1.165) is 12.8 Å². The standard InChI is InChI=1S/C28H48N2O9/c1-2-3-4-5-8-13-22(31)16-17-24-23(25(32)20-26(24)33)14-9-6-7-10-15-27(34)29-21-28(35)38-18-11-12-19-39-30(36)37/h6,9,23-26,32-33H,2-5,7-8,10-21H2,1H3,(H,29,34)/t23-,24-,25+,26-/m1/s1. The molecule has 11 nitrogen and oxygen atoms in total. The molecule has 3 N–H and O–H groups in total. The number of nitrogens with zero attached hydrogens (tertiary/aromatic N) is 1. The predicted molar refractivity (Wildman–Crippen MR) is 145 cm³/mol. The van der Waals surface area contributed by atoms with Crippen LogP contribution < -0.4 is 5.32 Å². The number of amides is 1. The number of esters is 1. The Morgan fingerprint density at radius 1 is 0.923 bits per heavy atom. The van der Waals surface area contributed by atoms with Crippen molar-refractivity contribution in [3.63, 3.8) is 0 Å². The molecule has 1 fully saturated rings. The van der Waals surface area contributed by atoms with Gasteiger partial charge >= 0.3 is 5.97 Å². The van der Waals surface area contributed by atoms with Gasteiger partial charge in [-0.05, 0) is 63.2 Å². The zero-order valence-electron chi connectivity index (χ0n) is 23.4. The Labute approximate surface area is 231 Å². The van der Waals surface area contributed by atoms with E-state index in [1.165, 1.54) is 19.3 Å². The maximum atomic E-state index is 12.3. The summed E-state index contributed by atoms with van der Waals surface area (Å²) >= 11 is 0. The number of ether oxygens (including phenoxy) is 1. The van der Waals surface area contributed by atoms with Gasteiger partial charge in [-0.1, -0.05) is 44.8 Å². The van der Waals surface area contributed by atoms with Crippen molar-refractivity contribution in [2.24, 2.45) is 11.8 Å². The van der Waals surface area contributed by atoms with E-state index < -0.39 is 23.3 Å². The van der Waals surface area contributed by atoms with Crippen LogP contribution in [-0.2, 0) is 24.0 Å². The van der Waals surface area contributed by atoms with Crippen LogP contribution in [0, 0.1) is 22.0 Å². The lowest BCUT2D eigenvalue weighted by atomic mass is 9.86. The molecular formula is C28H48N2O9. The number of hydrogen-bond donors (Lipinski definition) is 3. The SMILES string of the molecule is CCCCCCCC(=O)CC[C@@H]1[C@@H](CC=CCCCC(=O)NCC(=O)OCCCCO[N+](=O)[O-])[C@@H](O)C[C@H]1O. The molecule has 0 spiro atoms. The predicted octanol–water partition coefficient (Wildman–Crippen LogP) is 3.82. The minimum Gasteiger partial charge on any atom is -0.464 e. The van der Waals surface area contributed by atoms with Crippen LogP contribution in [0.1, 0.15) is 103 Å². The third kappa shape index (κ3) is 16.9. The van der Waals surface area contributed by atoms with Crippen LogP contribution in [0.4, 0.5) is 0 Å². The minimum atomic E-state index is -0.874. The zero-order chi connectivity index (χ0) is 28.9. The first kappa shape index (κ1) is 34.5. The first-order valence-corrected chi connectivity index (χ1v) is 14.5. The average molecular weight is 557 g/mol. The van der Waals surface area contributed by atoms with E-state index in [4.69, 9.17) is 4.74 Å².